The molecule has 0 amide bonds. The van der Waals surface area contributed by atoms with E-state index in [0.29, 0.717) is 28.9 Å². The average molecular weight is 348 g/mol. The van der Waals surface area contributed by atoms with Crippen LogP contribution in [0.5, 0.6) is 5.75 Å². The van der Waals surface area contributed by atoms with Gasteiger partial charge in [-0.25, -0.2) is 9.97 Å². The molecule has 0 aliphatic heterocycles. The summed E-state index contributed by atoms with van der Waals surface area (Å²) in [4.78, 5) is 13.0. The number of hydrogen-bond donors (Lipinski definition) is 1. The third kappa shape index (κ3) is 2.90. The quantitative estimate of drug-likeness (QED) is 0.599. The summed E-state index contributed by atoms with van der Waals surface area (Å²) in [5.74, 6) is 2.36. The zero-order valence-corrected chi connectivity index (χ0v) is 14.5. The number of fused-ring (bicyclic) bond motifs is 1. The Morgan fingerprint density at radius 2 is 1.81 bits per heavy atom. The van der Waals surface area contributed by atoms with Gasteiger partial charge in [-0.05, 0) is 44.2 Å². The van der Waals surface area contributed by atoms with Gasteiger partial charge in [0.1, 0.15) is 17.3 Å². The summed E-state index contributed by atoms with van der Waals surface area (Å²) in [7, 11) is 1.63. The highest BCUT2D eigenvalue weighted by molar-refractivity contribution is 5.61. The number of aryl methyl sites for hydroxylation is 2. The number of hydrogen-bond acceptors (Lipinski definition) is 8. The molecule has 1 aromatic carbocycles. The molecule has 0 fully saturated rings. The lowest BCUT2D eigenvalue weighted by Gasteiger charge is -2.08. The molecule has 3 aromatic heterocycles. The van der Waals surface area contributed by atoms with Gasteiger partial charge in [0.2, 0.25) is 5.95 Å². The van der Waals surface area contributed by atoms with Crippen molar-refractivity contribution in [2.75, 3.05) is 12.4 Å². The van der Waals surface area contributed by atoms with Crippen molar-refractivity contribution in [2.24, 2.45) is 0 Å². The topological polar surface area (TPSA) is 103 Å². The van der Waals surface area contributed by atoms with Gasteiger partial charge in [0.15, 0.2) is 0 Å². The van der Waals surface area contributed by atoms with E-state index in [1.54, 1.807) is 23.9 Å². The fourth-order valence-electron chi connectivity index (χ4n) is 2.55. The first-order valence-corrected chi connectivity index (χ1v) is 7.95. The molecule has 0 spiro atoms. The minimum absolute atomic E-state index is 0.462. The molecular formula is C17H16N8O. The van der Waals surface area contributed by atoms with Crippen LogP contribution in [-0.2, 0) is 0 Å². The van der Waals surface area contributed by atoms with Gasteiger partial charge in [0, 0.05) is 11.9 Å². The molecule has 0 atom stereocenters. The van der Waals surface area contributed by atoms with Gasteiger partial charge in [-0.2, -0.15) is 9.50 Å². The van der Waals surface area contributed by atoms with Crippen molar-refractivity contribution in [3.63, 3.8) is 0 Å². The fourth-order valence-corrected chi connectivity index (χ4v) is 2.55. The van der Waals surface area contributed by atoms with Crippen LogP contribution < -0.4 is 10.1 Å². The van der Waals surface area contributed by atoms with E-state index in [0.717, 1.165) is 17.1 Å². The zero-order chi connectivity index (χ0) is 18.1. The van der Waals surface area contributed by atoms with Crippen LogP contribution in [0.1, 0.15) is 11.5 Å². The maximum Gasteiger partial charge on any atom is 0.272 e. The lowest BCUT2D eigenvalue weighted by Crippen LogP contribution is -2.05. The fraction of sp³-hybridized carbons (Fsp3) is 0.176. The standard InChI is InChI=1S/C17H16N8O/c1-10-15(22-23-17-19-11(2)24-25(10)17)14-8-9-18-16(21-14)20-12-4-6-13(26-3)7-5-12/h4-9H,1-3H3,(H,18,20,21). The molecule has 0 unspecified atom stereocenters. The molecule has 0 radical (unpaired) electrons. The summed E-state index contributed by atoms with van der Waals surface area (Å²) in [5, 5.41) is 15.9. The molecule has 0 saturated carbocycles. The maximum atomic E-state index is 5.16. The summed E-state index contributed by atoms with van der Waals surface area (Å²) in [6.45, 7) is 3.72. The van der Waals surface area contributed by atoms with Gasteiger partial charge in [-0.3, -0.25) is 0 Å². The lowest BCUT2D eigenvalue weighted by atomic mass is 10.2. The Morgan fingerprint density at radius 1 is 1.00 bits per heavy atom. The molecule has 0 aliphatic rings. The first-order chi connectivity index (χ1) is 12.6. The molecule has 130 valence electrons. The normalized spacial score (nSPS) is 10.9. The SMILES string of the molecule is COc1ccc(Nc2nccc(-c3nnc4nc(C)nn4c3C)n2)cc1. The van der Waals surface area contributed by atoms with E-state index in [2.05, 4.69) is 35.6 Å². The number of rotatable bonds is 4. The van der Waals surface area contributed by atoms with Crippen molar-refractivity contribution < 1.29 is 4.74 Å². The third-order valence-corrected chi connectivity index (χ3v) is 3.84. The molecule has 9 nitrogen and oxygen atoms in total. The van der Waals surface area contributed by atoms with E-state index in [1.165, 1.54) is 0 Å². The summed E-state index contributed by atoms with van der Waals surface area (Å²) < 4.78 is 6.82. The molecule has 4 aromatic rings. The van der Waals surface area contributed by atoms with E-state index in [9.17, 15) is 0 Å². The summed E-state index contributed by atoms with van der Waals surface area (Å²) >= 11 is 0. The predicted octanol–water partition coefficient (Wildman–Crippen LogP) is 2.35. The predicted molar refractivity (Wildman–Crippen MR) is 95.4 cm³/mol. The van der Waals surface area contributed by atoms with Crippen LogP contribution in [-0.4, -0.2) is 41.9 Å². The number of nitrogens with zero attached hydrogens (tertiary/aromatic N) is 7. The molecule has 1 N–H and O–H groups in total. The molecule has 0 saturated heterocycles. The average Bonchev–Trinajstić information content (AvgIpc) is 3.04. The highest BCUT2D eigenvalue weighted by Crippen LogP contribution is 2.21. The molecular weight excluding hydrogens is 332 g/mol. The molecule has 26 heavy (non-hydrogen) atoms. The molecule has 9 heteroatoms. The van der Waals surface area contributed by atoms with E-state index < -0.39 is 0 Å². The van der Waals surface area contributed by atoms with Crippen LogP contribution in [0, 0.1) is 13.8 Å². The Bertz CT molecular complexity index is 1070. The van der Waals surface area contributed by atoms with Crippen LogP contribution in [0.25, 0.3) is 17.2 Å². The first kappa shape index (κ1) is 15.9. The van der Waals surface area contributed by atoms with Gasteiger partial charge < -0.3 is 10.1 Å². The van der Waals surface area contributed by atoms with Gasteiger partial charge in [0.25, 0.3) is 5.78 Å². The Hall–Kier alpha value is -3.62. The van der Waals surface area contributed by atoms with Gasteiger partial charge in [-0.15, -0.1) is 15.3 Å². The van der Waals surface area contributed by atoms with E-state index in [1.807, 2.05) is 38.1 Å². The maximum absolute atomic E-state index is 5.16. The second-order valence-corrected chi connectivity index (χ2v) is 5.62. The molecule has 3 heterocycles. The van der Waals surface area contributed by atoms with Crippen molar-refractivity contribution in [1.82, 2.24) is 34.8 Å². The number of nitrogens with one attached hydrogen (secondary N) is 1. The number of aromatic nitrogens is 7. The number of benzene rings is 1. The second-order valence-electron chi connectivity index (χ2n) is 5.62. The minimum atomic E-state index is 0.462. The van der Waals surface area contributed by atoms with Crippen molar-refractivity contribution >= 4 is 17.4 Å². The van der Waals surface area contributed by atoms with E-state index in [4.69, 9.17) is 4.74 Å². The molecule has 0 bridgehead atoms. The largest absolute Gasteiger partial charge is 0.497 e. The second kappa shape index (κ2) is 6.36. The lowest BCUT2D eigenvalue weighted by molar-refractivity contribution is 0.415. The van der Waals surface area contributed by atoms with E-state index in [-0.39, 0.29) is 0 Å². The number of ether oxygens (including phenoxy) is 1. The van der Waals surface area contributed by atoms with Gasteiger partial charge in [-0.1, -0.05) is 0 Å². The summed E-state index contributed by atoms with van der Waals surface area (Å²) in [6, 6.07) is 9.30. The number of anilines is 2. The number of methoxy groups -OCH3 is 1. The van der Waals surface area contributed by atoms with E-state index >= 15 is 0 Å². The Labute approximate surface area is 149 Å². The highest BCUT2D eigenvalue weighted by atomic mass is 16.5. The smallest absolute Gasteiger partial charge is 0.272 e. The van der Waals surface area contributed by atoms with Crippen LogP contribution in [0.15, 0.2) is 36.5 Å². The van der Waals surface area contributed by atoms with Crippen molar-refractivity contribution in [3.05, 3.63) is 48.0 Å². The van der Waals surface area contributed by atoms with Crippen LogP contribution in [0.2, 0.25) is 0 Å². The zero-order valence-electron chi connectivity index (χ0n) is 14.5. The Morgan fingerprint density at radius 3 is 2.58 bits per heavy atom. The van der Waals surface area contributed by atoms with Crippen molar-refractivity contribution in [3.8, 4) is 17.1 Å². The Balaban J connectivity index is 1.68. The van der Waals surface area contributed by atoms with Crippen LogP contribution >= 0.6 is 0 Å². The third-order valence-electron chi connectivity index (χ3n) is 3.84. The minimum Gasteiger partial charge on any atom is -0.497 e. The highest BCUT2D eigenvalue weighted by Gasteiger charge is 2.13. The van der Waals surface area contributed by atoms with Crippen LogP contribution in [0.3, 0.4) is 0 Å². The Kier molecular flexibility index (Phi) is 3.88. The summed E-state index contributed by atoms with van der Waals surface area (Å²) in [5.41, 5.74) is 2.94. The summed E-state index contributed by atoms with van der Waals surface area (Å²) in [6.07, 6.45) is 1.67. The van der Waals surface area contributed by atoms with Crippen molar-refractivity contribution in [1.29, 1.82) is 0 Å². The van der Waals surface area contributed by atoms with Gasteiger partial charge >= 0.3 is 0 Å². The first-order valence-electron chi connectivity index (χ1n) is 7.95. The van der Waals surface area contributed by atoms with Crippen LogP contribution in [0.4, 0.5) is 11.6 Å². The molecule has 0 aliphatic carbocycles. The van der Waals surface area contributed by atoms with Crippen molar-refractivity contribution in [2.45, 2.75) is 13.8 Å². The van der Waals surface area contributed by atoms with Gasteiger partial charge in [0.05, 0.1) is 18.5 Å². The molecule has 4 rings (SSSR count). The monoisotopic (exact) mass is 348 g/mol.